The fourth-order valence-corrected chi connectivity index (χ4v) is 2.40. The molecule has 1 aromatic rings. The van der Waals surface area contributed by atoms with Crippen LogP contribution in [0.5, 0.6) is 5.75 Å². The number of halogens is 1. The number of rotatable bonds is 4. The van der Waals surface area contributed by atoms with Crippen LogP contribution in [0.1, 0.15) is 27.2 Å². The Bertz CT molecular complexity index is 434. The molecule has 2 N–H and O–H groups in total. The van der Waals surface area contributed by atoms with E-state index < -0.39 is 0 Å². The van der Waals surface area contributed by atoms with Crippen LogP contribution in [0.25, 0.3) is 0 Å². The Labute approximate surface area is 113 Å². The van der Waals surface area contributed by atoms with Gasteiger partial charge in [-0.2, -0.15) is 0 Å². The predicted molar refractivity (Wildman–Crippen MR) is 74.4 cm³/mol. The molecule has 0 aromatic heterocycles. The third-order valence-corrected chi connectivity index (χ3v) is 4.02. The molecule has 0 amide bonds. The molecule has 1 fully saturated rings. The summed E-state index contributed by atoms with van der Waals surface area (Å²) < 4.78 is 5.57. The van der Waals surface area contributed by atoms with Gasteiger partial charge < -0.3 is 15.2 Å². The molecule has 1 saturated carbocycles. The van der Waals surface area contributed by atoms with E-state index in [1.165, 1.54) is 0 Å². The molecule has 1 aliphatic carbocycles. The van der Waals surface area contributed by atoms with Crippen LogP contribution >= 0.6 is 11.6 Å². The fraction of sp³-hybridized carbons (Fsp3) is 0.571. The lowest BCUT2D eigenvalue weighted by Gasteiger charge is -2.50. The standard InChI is InChI=1S/C14H20ClNO2/c1-4-18-11-6-5-9(15)7-10(11)16-12-8-13(17)14(12,2)3/h5-7,12-13,16-17H,4,8H2,1-3H3. The van der Waals surface area contributed by atoms with Crippen LogP contribution in [0.2, 0.25) is 5.02 Å². The third kappa shape index (κ3) is 2.43. The molecule has 0 spiro atoms. The lowest BCUT2D eigenvalue weighted by Crippen LogP contribution is -2.56. The molecular formula is C14H20ClNO2. The summed E-state index contributed by atoms with van der Waals surface area (Å²) in [5.74, 6) is 0.805. The van der Waals surface area contributed by atoms with Crippen molar-refractivity contribution in [2.45, 2.75) is 39.3 Å². The Morgan fingerprint density at radius 2 is 2.22 bits per heavy atom. The molecule has 100 valence electrons. The number of aliphatic hydroxyl groups excluding tert-OH is 1. The van der Waals surface area contributed by atoms with Crippen molar-refractivity contribution < 1.29 is 9.84 Å². The minimum absolute atomic E-state index is 0.119. The molecule has 0 bridgehead atoms. The highest BCUT2D eigenvalue weighted by Crippen LogP contribution is 2.43. The Balaban J connectivity index is 2.16. The average Bonchev–Trinajstić information content (AvgIpc) is 2.32. The van der Waals surface area contributed by atoms with Gasteiger partial charge in [-0.1, -0.05) is 25.4 Å². The molecule has 0 heterocycles. The molecule has 4 heteroatoms. The highest BCUT2D eigenvalue weighted by Gasteiger charge is 2.47. The van der Waals surface area contributed by atoms with Gasteiger partial charge in [0.2, 0.25) is 0 Å². The Morgan fingerprint density at radius 1 is 1.50 bits per heavy atom. The van der Waals surface area contributed by atoms with Gasteiger partial charge in [0.05, 0.1) is 18.4 Å². The number of hydrogen-bond acceptors (Lipinski definition) is 3. The third-order valence-electron chi connectivity index (χ3n) is 3.79. The summed E-state index contributed by atoms with van der Waals surface area (Å²) in [6.07, 6.45) is 0.509. The monoisotopic (exact) mass is 269 g/mol. The van der Waals surface area contributed by atoms with Gasteiger partial charge in [-0.05, 0) is 31.5 Å². The molecule has 1 aliphatic rings. The number of anilines is 1. The summed E-state index contributed by atoms with van der Waals surface area (Å²) in [5, 5.41) is 13.9. The number of nitrogens with one attached hydrogen (secondary N) is 1. The molecule has 2 unspecified atom stereocenters. The van der Waals surface area contributed by atoms with Crippen LogP contribution in [0, 0.1) is 5.41 Å². The number of ether oxygens (including phenoxy) is 1. The van der Waals surface area contributed by atoms with E-state index in [4.69, 9.17) is 16.3 Å². The zero-order valence-electron chi connectivity index (χ0n) is 11.0. The van der Waals surface area contributed by atoms with Gasteiger partial charge in [0.1, 0.15) is 5.75 Å². The second-order valence-corrected chi connectivity index (χ2v) is 5.78. The smallest absolute Gasteiger partial charge is 0.142 e. The van der Waals surface area contributed by atoms with Crippen LogP contribution in [0.4, 0.5) is 5.69 Å². The summed E-state index contributed by atoms with van der Waals surface area (Å²) in [6, 6.07) is 5.80. The Hall–Kier alpha value is -0.930. The first-order chi connectivity index (χ1) is 8.45. The van der Waals surface area contributed by atoms with Crippen molar-refractivity contribution in [3.05, 3.63) is 23.2 Å². The Kier molecular flexibility index (Phi) is 3.74. The molecule has 0 saturated heterocycles. The SMILES string of the molecule is CCOc1ccc(Cl)cc1NC1CC(O)C1(C)C. The van der Waals surface area contributed by atoms with Gasteiger partial charge in [0.25, 0.3) is 0 Å². The van der Waals surface area contributed by atoms with Gasteiger partial charge in [-0.15, -0.1) is 0 Å². The molecule has 18 heavy (non-hydrogen) atoms. The van der Waals surface area contributed by atoms with Gasteiger partial charge in [0, 0.05) is 16.5 Å². The summed E-state index contributed by atoms with van der Waals surface area (Å²) in [6.45, 7) is 6.69. The maximum Gasteiger partial charge on any atom is 0.142 e. The van der Waals surface area contributed by atoms with Crippen molar-refractivity contribution in [3.8, 4) is 5.75 Å². The van der Waals surface area contributed by atoms with Crippen molar-refractivity contribution in [1.82, 2.24) is 0 Å². The van der Waals surface area contributed by atoms with Crippen molar-refractivity contribution in [1.29, 1.82) is 0 Å². The first-order valence-corrected chi connectivity index (χ1v) is 6.70. The minimum Gasteiger partial charge on any atom is -0.492 e. The molecule has 3 nitrogen and oxygen atoms in total. The van der Waals surface area contributed by atoms with Crippen molar-refractivity contribution in [2.75, 3.05) is 11.9 Å². The van der Waals surface area contributed by atoms with Crippen LogP contribution in [0.15, 0.2) is 18.2 Å². The van der Waals surface area contributed by atoms with Gasteiger partial charge in [0.15, 0.2) is 0 Å². The van der Waals surface area contributed by atoms with E-state index >= 15 is 0 Å². The fourth-order valence-electron chi connectivity index (χ4n) is 2.23. The lowest BCUT2D eigenvalue weighted by molar-refractivity contribution is -0.0511. The molecular weight excluding hydrogens is 250 g/mol. The normalized spacial score (nSPS) is 25.4. The topological polar surface area (TPSA) is 41.5 Å². The molecule has 2 rings (SSSR count). The van der Waals surface area contributed by atoms with Crippen LogP contribution < -0.4 is 10.1 Å². The highest BCUT2D eigenvalue weighted by atomic mass is 35.5. The quantitative estimate of drug-likeness (QED) is 0.881. The zero-order chi connectivity index (χ0) is 13.3. The van der Waals surface area contributed by atoms with E-state index in [1.54, 1.807) is 0 Å². The second kappa shape index (κ2) is 4.98. The Morgan fingerprint density at radius 3 is 2.78 bits per heavy atom. The second-order valence-electron chi connectivity index (χ2n) is 5.34. The van der Waals surface area contributed by atoms with Gasteiger partial charge in [-0.25, -0.2) is 0 Å². The minimum atomic E-state index is -0.246. The van der Waals surface area contributed by atoms with E-state index in [-0.39, 0.29) is 17.6 Å². The highest BCUT2D eigenvalue weighted by molar-refractivity contribution is 6.30. The van der Waals surface area contributed by atoms with E-state index in [1.807, 2.05) is 25.1 Å². The summed E-state index contributed by atoms with van der Waals surface area (Å²) >= 11 is 6.02. The summed E-state index contributed by atoms with van der Waals surface area (Å²) in [4.78, 5) is 0. The summed E-state index contributed by atoms with van der Waals surface area (Å²) in [7, 11) is 0. The average molecular weight is 270 g/mol. The van der Waals surface area contributed by atoms with E-state index in [2.05, 4.69) is 19.2 Å². The van der Waals surface area contributed by atoms with Gasteiger partial charge in [-0.3, -0.25) is 0 Å². The van der Waals surface area contributed by atoms with Crippen LogP contribution in [-0.4, -0.2) is 23.9 Å². The van der Waals surface area contributed by atoms with E-state index in [9.17, 15) is 5.11 Å². The van der Waals surface area contributed by atoms with E-state index in [0.29, 0.717) is 11.6 Å². The first kappa shape index (κ1) is 13.5. The van der Waals surface area contributed by atoms with Crippen molar-refractivity contribution in [3.63, 3.8) is 0 Å². The first-order valence-electron chi connectivity index (χ1n) is 6.32. The molecule has 2 atom stereocenters. The predicted octanol–water partition coefficient (Wildman–Crippen LogP) is 3.31. The van der Waals surface area contributed by atoms with Gasteiger partial charge >= 0.3 is 0 Å². The number of aliphatic hydroxyl groups is 1. The van der Waals surface area contributed by atoms with Crippen LogP contribution in [-0.2, 0) is 0 Å². The molecule has 0 aliphatic heterocycles. The van der Waals surface area contributed by atoms with Crippen molar-refractivity contribution >= 4 is 17.3 Å². The maximum atomic E-state index is 9.75. The van der Waals surface area contributed by atoms with Crippen molar-refractivity contribution in [2.24, 2.45) is 5.41 Å². The summed E-state index contributed by atoms with van der Waals surface area (Å²) in [5.41, 5.74) is 0.778. The largest absolute Gasteiger partial charge is 0.492 e. The molecule has 1 aromatic carbocycles. The molecule has 0 radical (unpaired) electrons. The zero-order valence-corrected chi connectivity index (χ0v) is 11.8. The number of benzene rings is 1. The van der Waals surface area contributed by atoms with Crippen LogP contribution in [0.3, 0.4) is 0 Å². The maximum absolute atomic E-state index is 9.75. The lowest BCUT2D eigenvalue weighted by atomic mass is 9.64. The number of hydrogen-bond donors (Lipinski definition) is 2. The van der Waals surface area contributed by atoms with E-state index in [0.717, 1.165) is 17.9 Å².